The fraction of sp³-hybridized carbons (Fsp3) is 0.364. The lowest BCUT2D eigenvalue weighted by molar-refractivity contribution is 0.0303. The zero-order valence-corrected chi connectivity index (χ0v) is 9.54. The van der Waals surface area contributed by atoms with E-state index < -0.39 is 0 Å². The van der Waals surface area contributed by atoms with Crippen molar-refractivity contribution in [2.24, 2.45) is 0 Å². The molecule has 5 heteroatoms. The summed E-state index contributed by atoms with van der Waals surface area (Å²) in [5.41, 5.74) is 6.63. The second-order valence-corrected chi connectivity index (χ2v) is 4.05. The van der Waals surface area contributed by atoms with Gasteiger partial charge in [0.2, 0.25) is 0 Å². The number of amides is 1. The van der Waals surface area contributed by atoms with Crippen LogP contribution in [0.25, 0.3) is 0 Å². The largest absolute Gasteiger partial charge is 0.399 e. The van der Waals surface area contributed by atoms with Gasteiger partial charge in [-0.15, -0.1) is 0 Å². The van der Waals surface area contributed by atoms with Crippen LogP contribution in [-0.2, 0) is 4.74 Å². The number of halogens is 1. The maximum atomic E-state index is 12.1. The molecule has 16 heavy (non-hydrogen) atoms. The first kappa shape index (κ1) is 11.2. The van der Waals surface area contributed by atoms with Gasteiger partial charge in [-0.3, -0.25) is 4.79 Å². The maximum Gasteiger partial charge on any atom is 0.255 e. The normalized spacial score (nSPS) is 16.2. The first-order valence-electron chi connectivity index (χ1n) is 5.10. The minimum Gasteiger partial charge on any atom is -0.399 e. The van der Waals surface area contributed by atoms with Crippen molar-refractivity contribution in [1.29, 1.82) is 0 Å². The first-order valence-corrected chi connectivity index (χ1v) is 5.48. The number of nitrogen functional groups attached to an aromatic ring is 1. The van der Waals surface area contributed by atoms with Gasteiger partial charge in [-0.25, -0.2) is 0 Å². The Morgan fingerprint density at radius 1 is 1.38 bits per heavy atom. The molecule has 1 amide bonds. The van der Waals surface area contributed by atoms with Gasteiger partial charge in [-0.05, 0) is 18.2 Å². The zero-order valence-electron chi connectivity index (χ0n) is 8.78. The number of anilines is 1. The van der Waals surface area contributed by atoms with Crippen molar-refractivity contribution in [1.82, 2.24) is 4.90 Å². The van der Waals surface area contributed by atoms with E-state index in [1.165, 1.54) is 0 Å². The Balaban J connectivity index is 2.19. The van der Waals surface area contributed by atoms with Crippen LogP contribution in [0.5, 0.6) is 0 Å². The lowest BCUT2D eigenvalue weighted by Gasteiger charge is -2.27. The van der Waals surface area contributed by atoms with E-state index in [0.29, 0.717) is 42.6 Å². The first-order chi connectivity index (χ1) is 7.68. The molecular formula is C11H13ClN2O2. The van der Waals surface area contributed by atoms with Crippen molar-refractivity contribution in [3.63, 3.8) is 0 Å². The molecule has 2 N–H and O–H groups in total. The summed E-state index contributed by atoms with van der Waals surface area (Å²) in [5.74, 6) is -0.0618. The Kier molecular flexibility index (Phi) is 3.31. The van der Waals surface area contributed by atoms with Gasteiger partial charge in [0, 0.05) is 18.8 Å². The molecule has 0 atom stereocenters. The summed E-state index contributed by atoms with van der Waals surface area (Å²) in [6, 6.07) is 4.93. The van der Waals surface area contributed by atoms with Crippen molar-refractivity contribution >= 4 is 23.2 Å². The van der Waals surface area contributed by atoms with Gasteiger partial charge in [0.25, 0.3) is 5.91 Å². The molecule has 1 heterocycles. The Bertz CT molecular complexity index is 403. The van der Waals surface area contributed by atoms with Crippen molar-refractivity contribution in [2.45, 2.75) is 0 Å². The number of carbonyl (C=O) groups excluding carboxylic acids is 1. The van der Waals surface area contributed by atoms with Crippen molar-refractivity contribution in [3.05, 3.63) is 28.8 Å². The lowest BCUT2D eigenvalue weighted by atomic mass is 10.1. The van der Waals surface area contributed by atoms with Crippen LogP contribution in [0.2, 0.25) is 5.02 Å². The summed E-state index contributed by atoms with van der Waals surface area (Å²) < 4.78 is 5.19. The van der Waals surface area contributed by atoms with Gasteiger partial charge >= 0.3 is 0 Å². The molecule has 1 saturated heterocycles. The van der Waals surface area contributed by atoms with E-state index >= 15 is 0 Å². The van der Waals surface area contributed by atoms with E-state index in [9.17, 15) is 4.79 Å². The number of rotatable bonds is 1. The second-order valence-electron chi connectivity index (χ2n) is 3.64. The highest BCUT2D eigenvalue weighted by Gasteiger charge is 2.20. The zero-order chi connectivity index (χ0) is 11.5. The molecule has 0 spiro atoms. The smallest absolute Gasteiger partial charge is 0.255 e. The molecule has 0 saturated carbocycles. The molecule has 86 valence electrons. The van der Waals surface area contributed by atoms with Crippen LogP contribution in [0, 0.1) is 0 Å². The number of benzene rings is 1. The van der Waals surface area contributed by atoms with Crippen LogP contribution in [0.4, 0.5) is 5.69 Å². The molecule has 0 aliphatic carbocycles. The Morgan fingerprint density at radius 3 is 2.69 bits per heavy atom. The van der Waals surface area contributed by atoms with E-state index in [0.717, 1.165) is 0 Å². The fourth-order valence-corrected chi connectivity index (χ4v) is 1.91. The van der Waals surface area contributed by atoms with Gasteiger partial charge in [-0.1, -0.05) is 11.6 Å². The molecule has 0 aromatic heterocycles. The van der Waals surface area contributed by atoms with Crippen LogP contribution in [0.1, 0.15) is 10.4 Å². The molecule has 0 unspecified atom stereocenters. The molecule has 1 aromatic rings. The third kappa shape index (κ3) is 2.28. The van der Waals surface area contributed by atoms with E-state index in [-0.39, 0.29) is 5.91 Å². The van der Waals surface area contributed by atoms with E-state index in [4.69, 9.17) is 22.1 Å². The monoisotopic (exact) mass is 240 g/mol. The molecule has 4 nitrogen and oxygen atoms in total. The highest BCUT2D eigenvalue weighted by Crippen LogP contribution is 2.21. The highest BCUT2D eigenvalue weighted by atomic mass is 35.5. The summed E-state index contributed by atoms with van der Waals surface area (Å²) in [7, 11) is 0. The Labute approximate surface area is 98.9 Å². The minimum atomic E-state index is -0.0618. The predicted octanol–water partition coefficient (Wildman–Crippen LogP) is 1.39. The van der Waals surface area contributed by atoms with Gasteiger partial charge in [0.1, 0.15) is 0 Å². The number of nitrogens with two attached hydrogens (primary N) is 1. The fourth-order valence-electron chi connectivity index (χ4n) is 1.64. The van der Waals surface area contributed by atoms with Crippen LogP contribution < -0.4 is 5.73 Å². The number of morpholine rings is 1. The summed E-state index contributed by atoms with van der Waals surface area (Å²) in [5, 5.41) is 0.400. The standard InChI is InChI=1S/C11H13ClN2O2/c12-10-7-8(13)1-2-9(10)11(15)14-3-5-16-6-4-14/h1-2,7H,3-6,13H2. The Morgan fingerprint density at radius 2 is 2.06 bits per heavy atom. The molecule has 1 aliphatic heterocycles. The minimum absolute atomic E-state index is 0.0618. The van der Waals surface area contributed by atoms with Crippen molar-refractivity contribution in [2.75, 3.05) is 32.0 Å². The molecule has 1 aliphatic rings. The molecule has 2 rings (SSSR count). The average molecular weight is 241 g/mol. The maximum absolute atomic E-state index is 12.1. The molecule has 1 fully saturated rings. The van der Waals surface area contributed by atoms with E-state index in [1.54, 1.807) is 23.1 Å². The third-order valence-electron chi connectivity index (χ3n) is 2.52. The van der Waals surface area contributed by atoms with E-state index in [1.807, 2.05) is 0 Å². The van der Waals surface area contributed by atoms with Crippen LogP contribution in [-0.4, -0.2) is 37.1 Å². The number of ether oxygens (including phenoxy) is 1. The SMILES string of the molecule is Nc1ccc(C(=O)N2CCOCC2)c(Cl)c1. The van der Waals surface area contributed by atoms with Gasteiger partial charge in [0.15, 0.2) is 0 Å². The summed E-state index contributed by atoms with van der Waals surface area (Å²) in [4.78, 5) is 13.8. The van der Waals surface area contributed by atoms with Crippen molar-refractivity contribution < 1.29 is 9.53 Å². The van der Waals surface area contributed by atoms with Gasteiger partial charge < -0.3 is 15.4 Å². The summed E-state index contributed by atoms with van der Waals surface area (Å²) in [6.07, 6.45) is 0. The van der Waals surface area contributed by atoms with Gasteiger partial charge in [-0.2, -0.15) is 0 Å². The molecular weight excluding hydrogens is 228 g/mol. The topological polar surface area (TPSA) is 55.6 Å². The predicted molar refractivity (Wildman–Crippen MR) is 62.6 cm³/mol. The lowest BCUT2D eigenvalue weighted by Crippen LogP contribution is -2.40. The third-order valence-corrected chi connectivity index (χ3v) is 2.83. The number of hydrogen-bond donors (Lipinski definition) is 1. The van der Waals surface area contributed by atoms with Crippen molar-refractivity contribution in [3.8, 4) is 0 Å². The van der Waals surface area contributed by atoms with Gasteiger partial charge in [0.05, 0.1) is 23.8 Å². The summed E-state index contributed by atoms with van der Waals surface area (Å²) >= 11 is 5.98. The molecule has 0 bridgehead atoms. The molecule has 0 radical (unpaired) electrons. The van der Waals surface area contributed by atoms with Crippen LogP contribution in [0.3, 0.4) is 0 Å². The van der Waals surface area contributed by atoms with E-state index in [2.05, 4.69) is 0 Å². The molecule has 1 aromatic carbocycles. The average Bonchev–Trinajstić information content (AvgIpc) is 2.29. The summed E-state index contributed by atoms with van der Waals surface area (Å²) in [6.45, 7) is 2.38. The Hall–Kier alpha value is -1.26. The highest BCUT2D eigenvalue weighted by molar-refractivity contribution is 6.34. The number of carbonyl (C=O) groups is 1. The van der Waals surface area contributed by atoms with Crippen LogP contribution >= 0.6 is 11.6 Å². The number of hydrogen-bond acceptors (Lipinski definition) is 3. The quantitative estimate of drug-likeness (QED) is 0.755. The van der Waals surface area contributed by atoms with Crippen LogP contribution in [0.15, 0.2) is 18.2 Å². The number of nitrogens with zero attached hydrogens (tertiary/aromatic N) is 1. The second kappa shape index (κ2) is 4.72.